The lowest BCUT2D eigenvalue weighted by Gasteiger charge is -2.28. The third-order valence-corrected chi connectivity index (χ3v) is 2.71. The first kappa shape index (κ1) is 14.7. The van der Waals surface area contributed by atoms with Gasteiger partial charge in [0.15, 0.2) is 0 Å². The third-order valence-electron chi connectivity index (χ3n) is 2.71. The van der Waals surface area contributed by atoms with Gasteiger partial charge in [0.05, 0.1) is 13.2 Å². The fourth-order valence-electron chi connectivity index (χ4n) is 1.88. The second kappa shape index (κ2) is 7.13. The molecule has 0 saturated heterocycles. The molecule has 4 nitrogen and oxygen atoms in total. The maximum absolute atomic E-state index is 12.3. The van der Waals surface area contributed by atoms with E-state index in [1.54, 1.807) is 4.90 Å². The van der Waals surface area contributed by atoms with E-state index in [0.29, 0.717) is 13.1 Å². The van der Waals surface area contributed by atoms with Crippen molar-refractivity contribution in [1.82, 2.24) is 4.90 Å². The minimum absolute atomic E-state index is 0.0483. The number of anilines is 1. The van der Waals surface area contributed by atoms with E-state index in [1.807, 2.05) is 56.1 Å². The molecule has 0 aliphatic carbocycles. The SMILES string of the molecule is CC(C)N(C(=O)CN(C)CCO)c1ccccc1. The Morgan fingerprint density at radius 3 is 2.39 bits per heavy atom. The van der Waals surface area contributed by atoms with Gasteiger partial charge in [-0.3, -0.25) is 9.69 Å². The highest BCUT2D eigenvalue weighted by Gasteiger charge is 2.19. The van der Waals surface area contributed by atoms with Crippen molar-refractivity contribution in [3.8, 4) is 0 Å². The highest BCUT2D eigenvalue weighted by atomic mass is 16.3. The zero-order valence-corrected chi connectivity index (χ0v) is 11.3. The lowest BCUT2D eigenvalue weighted by molar-refractivity contribution is -0.119. The van der Waals surface area contributed by atoms with Crippen LogP contribution >= 0.6 is 0 Å². The Kier molecular flexibility index (Phi) is 5.82. The molecule has 0 spiro atoms. The lowest BCUT2D eigenvalue weighted by Crippen LogP contribution is -2.43. The van der Waals surface area contributed by atoms with Crippen molar-refractivity contribution < 1.29 is 9.90 Å². The summed E-state index contributed by atoms with van der Waals surface area (Å²) in [5.41, 5.74) is 0.912. The number of carbonyl (C=O) groups excluding carboxylic acids is 1. The minimum Gasteiger partial charge on any atom is -0.395 e. The zero-order valence-electron chi connectivity index (χ0n) is 11.3. The fraction of sp³-hybridized carbons (Fsp3) is 0.500. The van der Waals surface area contributed by atoms with E-state index < -0.39 is 0 Å². The minimum atomic E-state index is 0.0483. The molecular weight excluding hydrogens is 228 g/mol. The molecule has 0 aromatic heterocycles. The van der Waals surface area contributed by atoms with Gasteiger partial charge in [-0.1, -0.05) is 18.2 Å². The van der Waals surface area contributed by atoms with E-state index in [0.717, 1.165) is 5.69 Å². The Labute approximate surface area is 109 Å². The van der Waals surface area contributed by atoms with Crippen LogP contribution in [0.25, 0.3) is 0 Å². The summed E-state index contributed by atoms with van der Waals surface area (Å²) in [4.78, 5) is 15.9. The van der Waals surface area contributed by atoms with Gasteiger partial charge in [-0.2, -0.15) is 0 Å². The van der Waals surface area contributed by atoms with E-state index in [9.17, 15) is 4.79 Å². The van der Waals surface area contributed by atoms with Crippen LogP contribution in [-0.2, 0) is 4.79 Å². The molecule has 4 heteroatoms. The van der Waals surface area contributed by atoms with Gasteiger partial charge in [0.1, 0.15) is 0 Å². The molecule has 1 rings (SSSR count). The molecule has 1 amide bonds. The fourth-order valence-corrected chi connectivity index (χ4v) is 1.88. The molecule has 100 valence electrons. The lowest BCUT2D eigenvalue weighted by atomic mass is 10.2. The van der Waals surface area contributed by atoms with Crippen LogP contribution in [0.3, 0.4) is 0 Å². The van der Waals surface area contributed by atoms with Crippen LogP contribution in [0.15, 0.2) is 30.3 Å². The topological polar surface area (TPSA) is 43.8 Å². The number of benzene rings is 1. The van der Waals surface area contributed by atoms with Crippen molar-refractivity contribution in [2.24, 2.45) is 0 Å². The Morgan fingerprint density at radius 1 is 1.28 bits per heavy atom. The molecule has 0 fully saturated rings. The molecular formula is C14H22N2O2. The number of aliphatic hydroxyl groups excluding tert-OH is 1. The highest BCUT2D eigenvalue weighted by molar-refractivity contribution is 5.95. The van der Waals surface area contributed by atoms with Crippen LogP contribution in [0, 0.1) is 0 Å². The summed E-state index contributed by atoms with van der Waals surface area (Å²) in [6.45, 7) is 4.88. The molecule has 1 N–H and O–H groups in total. The third kappa shape index (κ3) is 4.13. The van der Waals surface area contributed by atoms with Gasteiger partial charge < -0.3 is 10.0 Å². The van der Waals surface area contributed by atoms with Gasteiger partial charge in [-0.15, -0.1) is 0 Å². The Hall–Kier alpha value is -1.39. The van der Waals surface area contributed by atoms with Crippen LogP contribution in [0.4, 0.5) is 5.69 Å². The second-order valence-corrected chi connectivity index (χ2v) is 4.65. The maximum Gasteiger partial charge on any atom is 0.241 e. The predicted molar refractivity (Wildman–Crippen MR) is 73.6 cm³/mol. The number of carbonyl (C=O) groups is 1. The van der Waals surface area contributed by atoms with Crippen LogP contribution < -0.4 is 4.90 Å². The van der Waals surface area contributed by atoms with Gasteiger partial charge in [0.2, 0.25) is 5.91 Å². The number of rotatable bonds is 6. The van der Waals surface area contributed by atoms with E-state index in [-0.39, 0.29) is 18.6 Å². The van der Waals surface area contributed by atoms with Crippen molar-refractivity contribution in [1.29, 1.82) is 0 Å². The van der Waals surface area contributed by atoms with Crippen LogP contribution in [0.1, 0.15) is 13.8 Å². The highest BCUT2D eigenvalue weighted by Crippen LogP contribution is 2.16. The van der Waals surface area contributed by atoms with Gasteiger partial charge in [0.25, 0.3) is 0 Å². The quantitative estimate of drug-likeness (QED) is 0.829. The van der Waals surface area contributed by atoms with Crippen molar-refractivity contribution >= 4 is 11.6 Å². The number of likely N-dealkylation sites (N-methyl/N-ethyl adjacent to an activating group) is 1. The predicted octanol–water partition coefficient (Wildman–Crippen LogP) is 1.35. The molecule has 0 radical (unpaired) electrons. The first-order chi connectivity index (χ1) is 8.56. The summed E-state index contributed by atoms with van der Waals surface area (Å²) in [5.74, 6) is 0.0483. The summed E-state index contributed by atoms with van der Waals surface area (Å²) < 4.78 is 0. The molecule has 0 aliphatic heterocycles. The van der Waals surface area contributed by atoms with E-state index in [4.69, 9.17) is 5.11 Å². The molecule has 0 heterocycles. The molecule has 1 aromatic carbocycles. The Bertz CT molecular complexity index is 365. The Morgan fingerprint density at radius 2 is 1.89 bits per heavy atom. The first-order valence-electron chi connectivity index (χ1n) is 6.22. The number of aliphatic hydroxyl groups is 1. The molecule has 0 saturated carbocycles. The number of para-hydroxylation sites is 1. The van der Waals surface area contributed by atoms with Crippen molar-refractivity contribution in [2.45, 2.75) is 19.9 Å². The van der Waals surface area contributed by atoms with E-state index >= 15 is 0 Å². The van der Waals surface area contributed by atoms with E-state index in [2.05, 4.69) is 0 Å². The van der Waals surface area contributed by atoms with Crippen molar-refractivity contribution in [3.63, 3.8) is 0 Å². The van der Waals surface area contributed by atoms with Gasteiger partial charge in [-0.05, 0) is 33.0 Å². The summed E-state index contributed by atoms with van der Waals surface area (Å²) in [6.07, 6.45) is 0. The Balaban J connectivity index is 2.77. The van der Waals surface area contributed by atoms with Crippen LogP contribution in [0.2, 0.25) is 0 Å². The molecule has 0 atom stereocenters. The zero-order chi connectivity index (χ0) is 13.5. The summed E-state index contributed by atoms with van der Waals surface area (Å²) in [6, 6.07) is 9.77. The largest absolute Gasteiger partial charge is 0.395 e. The maximum atomic E-state index is 12.3. The number of nitrogens with zero attached hydrogens (tertiary/aromatic N) is 2. The van der Waals surface area contributed by atoms with Crippen molar-refractivity contribution in [3.05, 3.63) is 30.3 Å². The molecule has 18 heavy (non-hydrogen) atoms. The average molecular weight is 250 g/mol. The number of hydrogen-bond donors (Lipinski definition) is 1. The number of hydrogen-bond acceptors (Lipinski definition) is 3. The molecule has 0 aliphatic rings. The monoisotopic (exact) mass is 250 g/mol. The smallest absolute Gasteiger partial charge is 0.241 e. The average Bonchev–Trinajstić information content (AvgIpc) is 2.30. The van der Waals surface area contributed by atoms with Crippen LogP contribution in [-0.4, -0.2) is 48.7 Å². The van der Waals surface area contributed by atoms with Crippen LogP contribution in [0.5, 0.6) is 0 Å². The first-order valence-corrected chi connectivity index (χ1v) is 6.22. The molecule has 0 unspecified atom stereocenters. The normalized spacial score (nSPS) is 11.0. The van der Waals surface area contributed by atoms with Gasteiger partial charge in [-0.25, -0.2) is 0 Å². The number of amides is 1. The second-order valence-electron chi connectivity index (χ2n) is 4.65. The molecule has 0 bridgehead atoms. The van der Waals surface area contributed by atoms with E-state index in [1.165, 1.54) is 0 Å². The molecule has 1 aromatic rings. The van der Waals surface area contributed by atoms with Gasteiger partial charge >= 0.3 is 0 Å². The summed E-state index contributed by atoms with van der Waals surface area (Å²) in [7, 11) is 1.83. The summed E-state index contributed by atoms with van der Waals surface area (Å²) in [5, 5.41) is 8.85. The van der Waals surface area contributed by atoms with Gasteiger partial charge in [0, 0.05) is 18.3 Å². The summed E-state index contributed by atoms with van der Waals surface area (Å²) >= 11 is 0. The standard InChI is InChI=1S/C14H22N2O2/c1-12(2)16(13-7-5-4-6-8-13)14(18)11-15(3)9-10-17/h4-8,12,17H,9-11H2,1-3H3. The van der Waals surface area contributed by atoms with Crippen molar-refractivity contribution in [2.75, 3.05) is 31.6 Å².